The Morgan fingerprint density at radius 1 is 1.38 bits per heavy atom. The first kappa shape index (κ1) is 17.4. The largest absolute Gasteiger partial charge is 0.348 e. The minimum Gasteiger partial charge on any atom is -0.348 e. The van der Waals surface area contributed by atoms with Gasteiger partial charge >= 0.3 is 0 Å². The summed E-state index contributed by atoms with van der Waals surface area (Å²) in [7, 11) is 2.08. The van der Waals surface area contributed by atoms with Crippen LogP contribution in [0.25, 0.3) is 10.2 Å². The summed E-state index contributed by atoms with van der Waals surface area (Å²) in [6, 6.07) is 8.80. The molecule has 1 unspecified atom stereocenters. The van der Waals surface area contributed by atoms with E-state index < -0.39 is 0 Å². The first-order valence-corrected chi connectivity index (χ1v) is 9.83. The summed E-state index contributed by atoms with van der Waals surface area (Å²) in [5, 5.41) is 4.36. The van der Waals surface area contributed by atoms with Crippen molar-refractivity contribution in [1.29, 1.82) is 0 Å². The highest BCUT2D eigenvalue weighted by molar-refractivity contribution is 7.18. The standard InChI is InChI=1S/C19H27N3OS/c1-13-8-4-5-9-15(13)20-18(23)12-22(3)14(2)19-21-16-10-6-7-11-17(16)24-19/h6-7,10-11,13-15H,4-5,8-9,12H2,1-3H3,(H,20,23)/p+1/t13-,14+,15-/m1/s1. The monoisotopic (exact) mass is 346 g/mol. The maximum atomic E-state index is 12.4. The number of nitrogens with zero attached hydrogens (tertiary/aromatic N) is 1. The summed E-state index contributed by atoms with van der Waals surface area (Å²) >= 11 is 1.73. The second-order valence-corrected chi connectivity index (χ2v) is 8.26. The van der Waals surface area contributed by atoms with E-state index in [9.17, 15) is 4.79 Å². The molecule has 0 spiro atoms. The number of carbonyl (C=O) groups excluding carboxylic acids is 1. The zero-order valence-electron chi connectivity index (χ0n) is 14.8. The fraction of sp³-hybridized carbons (Fsp3) is 0.579. The lowest BCUT2D eigenvalue weighted by atomic mass is 9.86. The van der Waals surface area contributed by atoms with Crippen molar-refractivity contribution >= 4 is 27.5 Å². The molecule has 1 amide bonds. The molecule has 2 aromatic rings. The minimum atomic E-state index is 0.166. The van der Waals surface area contributed by atoms with Crippen molar-refractivity contribution in [3.05, 3.63) is 29.3 Å². The molecule has 1 saturated carbocycles. The molecular weight excluding hydrogens is 318 g/mol. The van der Waals surface area contributed by atoms with Gasteiger partial charge in [0.25, 0.3) is 5.91 Å². The first-order chi connectivity index (χ1) is 11.5. The Hall–Kier alpha value is -1.46. The van der Waals surface area contributed by atoms with Gasteiger partial charge in [0, 0.05) is 6.04 Å². The molecule has 1 fully saturated rings. The van der Waals surface area contributed by atoms with Crippen molar-refractivity contribution in [2.75, 3.05) is 13.6 Å². The number of rotatable bonds is 5. The van der Waals surface area contributed by atoms with Crippen molar-refractivity contribution in [2.45, 2.75) is 51.6 Å². The Kier molecular flexibility index (Phi) is 5.51. The van der Waals surface area contributed by atoms with Gasteiger partial charge in [-0.1, -0.05) is 31.9 Å². The normalized spacial score (nSPS) is 23.8. The van der Waals surface area contributed by atoms with E-state index in [2.05, 4.69) is 38.3 Å². The Balaban J connectivity index is 1.58. The number of likely N-dealkylation sites (N-methyl/N-ethyl adjacent to an activating group) is 1. The average Bonchev–Trinajstić information content (AvgIpc) is 3.00. The van der Waals surface area contributed by atoms with E-state index >= 15 is 0 Å². The van der Waals surface area contributed by atoms with E-state index in [1.165, 1.54) is 28.9 Å². The topological polar surface area (TPSA) is 46.4 Å². The molecular formula is C19H28N3OS+. The number of fused-ring (bicyclic) bond motifs is 1. The molecule has 0 saturated heterocycles. The number of carbonyl (C=O) groups is 1. The molecule has 130 valence electrons. The van der Waals surface area contributed by atoms with Gasteiger partial charge in [-0.15, -0.1) is 11.3 Å². The third-order valence-electron chi connectivity index (χ3n) is 5.32. The van der Waals surface area contributed by atoms with Gasteiger partial charge in [0.2, 0.25) is 0 Å². The van der Waals surface area contributed by atoms with Gasteiger partial charge in [-0.25, -0.2) is 4.98 Å². The van der Waals surface area contributed by atoms with Crippen molar-refractivity contribution < 1.29 is 9.69 Å². The molecule has 0 aliphatic heterocycles. The van der Waals surface area contributed by atoms with Gasteiger partial charge in [-0.05, 0) is 37.8 Å². The lowest BCUT2D eigenvalue weighted by Gasteiger charge is -2.30. The Morgan fingerprint density at radius 2 is 2.12 bits per heavy atom. The Morgan fingerprint density at radius 3 is 2.88 bits per heavy atom. The van der Waals surface area contributed by atoms with E-state index in [4.69, 9.17) is 4.98 Å². The summed E-state index contributed by atoms with van der Waals surface area (Å²) in [5.41, 5.74) is 1.05. The van der Waals surface area contributed by atoms with Gasteiger partial charge in [0.15, 0.2) is 11.6 Å². The number of para-hydroxylation sites is 1. The van der Waals surface area contributed by atoms with Gasteiger partial charge in [-0.2, -0.15) is 0 Å². The van der Waals surface area contributed by atoms with Gasteiger partial charge in [0.1, 0.15) is 6.04 Å². The zero-order valence-corrected chi connectivity index (χ0v) is 15.7. The molecule has 5 heteroatoms. The summed E-state index contributed by atoms with van der Waals surface area (Å²) in [6.07, 6.45) is 4.89. The third kappa shape index (κ3) is 3.95. The van der Waals surface area contributed by atoms with E-state index in [1.54, 1.807) is 11.3 Å². The third-order valence-corrected chi connectivity index (χ3v) is 6.54. The lowest BCUT2D eigenvalue weighted by Crippen LogP contribution is -3.10. The van der Waals surface area contributed by atoms with E-state index in [1.807, 2.05) is 12.1 Å². The number of nitrogens with one attached hydrogen (secondary N) is 2. The molecule has 2 N–H and O–H groups in total. The maximum Gasteiger partial charge on any atom is 0.275 e. The first-order valence-electron chi connectivity index (χ1n) is 9.01. The highest BCUT2D eigenvalue weighted by Crippen LogP contribution is 2.25. The number of benzene rings is 1. The highest BCUT2D eigenvalue weighted by Gasteiger charge is 2.26. The fourth-order valence-corrected chi connectivity index (χ4v) is 4.59. The fourth-order valence-electron chi connectivity index (χ4n) is 3.48. The molecule has 4 atom stereocenters. The highest BCUT2D eigenvalue weighted by atomic mass is 32.1. The molecule has 1 aliphatic carbocycles. The molecule has 3 rings (SSSR count). The van der Waals surface area contributed by atoms with Crippen LogP contribution < -0.4 is 10.2 Å². The van der Waals surface area contributed by atoms with Crippen LogP contribution in [-0.2, 0) is 4.79 Å². The Bertz CT molecular complexity index is 666. The number of amides is 1. The minimum absolute atomic E-state index is 0.166. The number of hydrogen-bond donors (Lipinski definition) is 2. The molecule has 1 aliphatic rings. The van der Waals surface area contributed by atoms with Crippen LogP contribution in [0.2, 0.25) is 0 Å². The van der Waals surface area contributed by atoms with Crippen LogP contribution in [0.4, 0.5) is 0 Å². The van der Waals surface area contributed by atoms with Crippen LogP contribution in [0.1, 0.15) is 50.6 Å². The van der Waals surface area contributed by atoms with Crippen LogP contribution in [0.5, 0.6) is 0 Å². The smallest absolute Gasteiger partial charge is 0.275 e. The predicted molar refractivity (Wildman–Crippen MR) is 99.4 cm³/mol. The van der Waals surface area contributed by atoms with Gasteiger partial charge in [-0.3, -0.25) is 4.79 Å². The predicted octanol–water partition coefficient (Wildman–Crippen LogP) is 2.57. The van der Waals surface area contributed by atoms with Gasteiger partial charge in [0.05, 0.1) is 17.3 Å². The van der Waals surface area contributed by atoms with Crippen molar-refractivity contribution in [3.63, 3.8) is 0 Å². The number of thiazole rings is 1. The molecule has 4 nitrogen and oxygen atoms in total. The number of hydrogen-bond acceptors (Lipinski definition) is 3. The van der Waals surface area contributed by atoms with Gasteiger partial charge < -0.3 is 10.2 Å². The maximum absolute atomic E-state index is 12.4. The van der Waals surface area contributed by atoms with Crippen LogP contribution in [0, 0.1) is 5.92 Å². The van der Waals surface area contributed by atoms with Crippen LogP contribution in [-0.4, -0.2) is 30.5 Å². The van der Waals surface area contributed by atoms with E-state index in [0.29, 0.717) is 18.5 Å². The number of aromatic nitrogens is 1. The molecule has 24 heavy (non-hydrogen) atoms. The quantitative estimate of drug-likeness (QED) is 0.874. The van der Waals surface area contributed by atoms with Crippen LogP contribution in [0.3, 0.4) is 0 Å². The van der Waals surface area contributed by atoms with E-state index in [0.717, 1.165) is 16.9 Å². The Labute approximate surface area is 148 Å². The molecule has 0 radical (unpaired) electrons. The second-order valence-electron chi connectivity index (χ2n) is 7.20. The van der Waals surface area contributed by atoms with Crippen molar-refractivity contribution in [1.82, 2.24) is 10.3 Å². The lowest BCUT2D eigenvalue weighted by molar-refractivity contribution is -0.902. The van der Waals surface area contributed by atoms with Crippen LogP contribution in [0.15, 0.2) is 24.3 Å². The molecule has 1 heterocycles. The summed E-state index contributed by atoms with van der Waals surface area (Å²) in [6.45, 7) is 4.91. The zero-order chi connectivity index (χ0) is 17.1. The summed E-state index contributed by atoms with van der Waals surface area (Å²) in [4.78, 5) is 18.4. The number of quaternary nitrogens is 1. The van der Waals surface area contributed by atoms with Crippen molar-refractivity contribution in [3.8, 4) is 0 Å². The summed E-state index contributed by atoms with van der Waals surface area (Å²) < 4.78 is 1.22. The van der Waals surface area contributed by atoms with E-state index in [-0.39, 0.29) is 11.9 Å². The average molecular weight is 347 g/mol. The molecule has 1 aromatic carbocycles. The second kappa shape index (κ2) is 7.62. The molecule has 1 aromatic heterocycles. The van der Waals surface area contributed by atoms with Crippen molar-refractivity contribution in [2.24, 2.45) is 5.92 Å². The SMILES string of the molecule is C[C@@H]1CCCC[C@H]1NC(=O)C[NH+](C)[C@@H](C)c1nc2ccccc2s1. The van der Waals surface area contributed by atoms with Crippen LogP contribution >= 0.6 is 11.3 Å². The molecule has 0 bridgehead atoms. The summed E-state index contributed by atoms with van der Waals surface area (Å²) in [5.74, 6) is 0.768.